The lowest BCUT2D eigenvalue weighted by Crippen LogP contribution is -2.53. The Hall–Kier alpha value is -2.18. The number of ether oxygens (including phenoxy) is 1. The SMILES string of the molecule is C[C@H]1OCCN[C@@H]1C(=O)Nc1ccc(-n2cccn2)cc1. The molecule has 2 atom stereocenters. The van der Waals surface area contributed by atoms with Gasteiger partial charge in [0.15, 0.2) is 0 Å². The van der Waals surface area contributed by atoms with Gasteiger partial charge in [-0.25, -0.2) is 4.68 Å². The zero-order chi connectivity index (χ0) is 14.7. The van der Waals surface area contributed by atoms with Crippen molar-refractivity contribution in [2.45, 2.75) is 19.1 Å². The predicted molar refractivity (Wildman–Crippen MR) is 79.4 cm³/mol. The minimum atomic E-state index is -0.315. The summed E-state index contributed by atoms with van der Waals surface area (Å²) in [7, 11) is 0. The molecule has 6 heteroatoms. The smallest absolute Gasteiger partial charge is 0.244 e. The van der Waals surface area contributed by atoms with Crippen molar-refractivity contribution < 1.29 is 9.53 Å². The van der Waals surface area contributed by atoms with Crippen LogP contribution in [0.25, 0.3) is 5.69 Å². The molecule has 2 N–H and O–H groups in total. The fraction of sp³-hybridized carbons (Fsp3) is 0.333. The third-order valence-electron chi connectivity index (χ3n) is 3.50. The highest BCUT2D eigenvalue weighted by atomic mass is 16.5. The summed E-state index contributed by atoms with van der Waals surface area (Å²) < 4.78 is 7.25. The third-order valence-corrected chi connectivity index (χ3v) is 3.50. The van der Waals surface area contributed by atoms with Crippen LogP contribution in [0.5, 0.6) is 0 Å². The second-order valence-corrected chi connectivity index (χ2v) is 4.99. The monoisotopic (exact) mass is 286 g/mol. The number of morpholine rings is 1. The van der Waals surface area contributed by atoms with Crippen molar-refractivity contribution in [1.29, 1.82) is 0 Å². The standard InChI is InChI=1S/C15H18N4O2/c1-11-14(16-8-10-21-11)15(20)18-12-3-5-13(6-4-12)19-9-2-7-17-19/h2-7,9,11,14,16H,8,10H2,1H3,(H,18,20)/t11-,14+/m1/s1. The minimum Gasteiger partial charge on any atom is -0.375 e. The van der Waals surface area contributed by atoms with Gasteiger partial charge in [-0.1, -0.05) is 0 Å². The lowest BCUT2D eigenvalue weighted by Gasteiger charge is -2.29. The van der Waals surface area contributed by atoms with Crippen LogP contribution in [0, 0.1) is 0 Å². The number of amides is 1. The van der Waals surface area contributed by atoms with Crippen LogP contribution in [-0.2, 0) is 9.53 Å². The topological polar surface area (TPSA) is 68.2 Å². The molecule has 0 radical (unpaired) electrons. The number of carbonyl (C=O) groups excluding carboxylic acids is 1. The number of nitrogens with one attached hydrogen (secondary N) is 2. The van der Waals surface area contributed by atoms with Crippen LogP contribution in [0.4, 0.5) is 5.69 Å². The fourth-order valence-electron chi connectivity index (χ4n) is 2.37. The number of aromatic nitrogens is 2. The van der Waals surface area contributed by atoms with Crippen LogP contribution in [0.3, 0.4) is 0 Å². The first kappa shape index (κ1) is 13.8. The lowest BCUT2D eigenvalue weighted by atomic mass is 10.1. The van der Waals surface area contributed by atoms with Crippen molar-refractivity contribution in [2.75, 3.05) is 18.5 Å². The van der Waals surface area contributed by atoms with Crippen LogP contribution < -0.4 is 10.6 Å². The quantitative estimate of drug-likeness (QED) is 0.889. The zero-order valence-corrected chi connectivity index (χ0v) is 11.8. The summed E-state index contributed by atoms with van der Waals surface area (Å²) >= 11 is 0. The van der Waals surface area contributed by atoms with E-state index in [0.29, 0.717) is 13.2 Å². The number of hydrogen-bond donors (Lipinski definition) is 2. The number of benzene rings is 1. The van der Waals surface area contributed by atoms with E-state index in [0.717, 1.165) is 11.4 Å². The van der Waals surface area contributed by atoms with Crippen LogP contribution in [0.1, 0.15) is 6.92 Å². The summed E-state index contributed by atoms with van der Waals surface area (Å²) in [6, 6.07) is 9.11. The average Bonchev–Trinajstić information content (AvgIpc) is 3.02. The van der Waals surface area contributed by atoms with Crippen molar-refractivity contribution in [3.8, 4) is 5.69 Å². The first-order chi connectivity index (χ1) is 10.2. The number of anilines is 1. The molecule has 3 rings (SSSR count). The molecule has 0 unspecified atom stereocenters. The number of hydrogen-bond acceptors (Lipinski definition) is 4. The maximum atomic E-state index is 12.2. The molecule has 1 aliphatic heterocycles. The fourth-order valence-corrected chi connectivity index (χ4v) is 2.37. The Bertz CT molecular complexity index is 595. The second kappa shape index (κ2) is 6.07. The lowest BCUT2D eigenvalue weighted by molar-refractivity contribution is -0.123. The maximum absolute atomic E-state index is 12.2. The Morgan fingerprint density at radius 1 is 1.43 bits per heavy atom. The minimum absolute atomic E-state index is 0.0750. The van der Waals surface area contributed by atoms with Gasteiger partial charge < -0.3 is 15.4 Å². The molecule has 1 aliphatic rings. The number of carbonyl (C=O) groups is 1. The number of nitrogens with zero attached hydrogens (tertiary/aromatic N) is 2. The van der Waals surface area contributed by atoms with Crippen LogP contribution in [0.2, 0.25) is 0 Å². The molecule has 0 aliphatic carbocycles. The van der Waals surface area contributed by atoms with Crippen molar-refractivity contribution in [2.24, 2.45) is 0 Å². The molecule has 0 spiro atoms. The molecular weight excluding hydrogens is 268 g/mol. The molecular formula is C15H18N4O2. The second-order valence-electron chi connectivity index (χ2n) is 4.99. The van der Waals surface area contributed by atoms with E-state index in [1.54, 1.807) is 10.9 Å². The molecule has 1 saturated heterocycles. The van der Waals surface area contributed by atoms with E-state index in [4.69, 9.17) is 4.74 Å². The van der Waals surface area contributed by atoms with Crippen LogP contribution in [-0.4, -0.2) is 41.0 Å². The number of rotatable bonds is 3. The molecule has 110 valence electrons. The third kappa shape index (κ3) is 3.12. The van der Waals surface area contributed by atoms with Crippen molar-refractivity contribution >= 4 is 11.6 Å². The molecule has 0 bridgehead atoms. The van der Waals surface area contributed by atoms with Crippen molar-refractivity contribution in [3.05, 3.63) is 42.7 Å². The molecule has 21 heavy (non-hydrogen) atoms. The van der Waals surface area contributed by atoms with Gasteiger partial charge >= 0.3 is 0 Å². The van der Waals surface area contributed by atoms with Gasteiger partial charge in [-0.2, -0.15) is 5.10 Å². The first-order valence-electron chi connectivity index (χ1n) is 7.00. The van der Waals surface area contributed by atoms with Gasteiger partial charge in [-0.15, -0.1) is 0 Å². The Morgan fingerprint density at radius 2 is 2.24 bits per heavy atom. The Kier molecular flexibility index (Phi) is 3.98. The van der Waals surface area contributed by atoms with Gasteiger partial charge in [-0.3, -0.25) is 4.79 Å². The van der Waals surface area contributed by atoms with Gasteiger partial charge in [0.05, 0.1) is 18.4 Å². The van der Waals surface area contributed by atoms with Crippen LogP contribution >= 0.6 is 0 Å². The van der Waals surface area contributed by atoms with Gasteiger partial charge in [0.2, 0.25) is 5.91 Å². The largest absolute Gasteiger partial charge is 0.375 e. The van der Waals surface area contributed by atoms with E-state index < -0.39 is 0 Å². The van der Waals surface area contributed by atoms with Gasteiger partial charge in [-0.05, 0) is 37.3 Å². The molecule has 1 aromatic heterocycles. The van der Waals surface area contributed by atoms with Crippen molar-refractivity contribution in [1.82, 2.24) is 15.1 Å². The molecule has 0 saturated carbocycles. The first-order valence-corrected chi connectivity index (χ1v) is 7.00. The van der Waals surface area contributed by atoms with E-state index in [2.05, 4.69) is 15.7 Å². The van der Waals surface area contributed by atoms with E-state index in [1.165, 1.54) is 0 Å². The molecule has 2 heterocycles. The van der Waals surface area contributed by atoms with E-state index in [9.17, 15) is 4.79 Å². The summed E-state index contributed by atoms with van der Waals surface area (Å²) in [4.78, 5) is 12.2. The molecule has 6 nitrogen and oxygen atoms in total. The normalized spacial score (nSPS) is 22.0. The highest BCUT2D eigenvalue weighted by Crippen LogP contribution is 2.14. The molecule has 1 fully saturated rings. The molecule has 1 aromatic carbocycles. The Balaban J connectivity index is 1.66. The summed E-state index contributed by atoms with van der Waals surface area (Å²) in [6.45, 7) is 3.24. The van der Waals surface area contributed by atoms with E-state index in [1.807, 2.05) is 43.5 Å². The maximum Gasteiger partial charge on any atom is 0.244 e. The summed E-state index contributed by atoms with van der Waals surface area (Å²) in [5.74, 6) is -0.0750. The highest BCUT2D eigenvalue weighted by molar-refractivity contribution is 5.95. The zero-order valence-electron chi connectivity index (χ0n) is 11.8. The Labute approximate surface area is 123 Å². The summed E-state index contributed by atoms with van der Waals surface area (Å²) in [6.07, 6.45) is 3.48. The van der Waals surface area contributed by atoms with Gasteiger partial charge in [0.25, 0.3) is 0 Å². The van der Waals surface area contributed by atoms with Gasteiger partial charge in [0.1, 0.15) is 6.04 Å². The molecule has 1 amide bonds. The summed E-state index contributed by atoms with van der Waals surface area (Å²) in [5, 5.41) is 10.2. The average molecular weight is 286 g/mol. The predicted octanol–water partition coefficient (Wildman–Crippen LogP) is 1.19. The van der Waals surface area contributed by atoms with E-state index >= 15 is 0 Å². The Morgan fingerprint density at radius 3 is 2.90 bits per heavy atom. The van der Waals surface area contributed by atoms with Crippen molar-refractivity contribution in [3.63, 3.8) is 0 Å². The van der Waals surface area contributed by atoms with Crippen LogP contribution in [0.15, 0.2) is 42.7 Å². The van der Waals surface area contributed by atoms with Gasteiger partial charge in [0, 0.05) is 24.6 Å². The summed E-state index contributed by atoms with van der Waals surface area (Å²) in [5.41, 5.74) is 1.71. The van der Waals surface area contributed by atoms with E-state index in [-0.39, 0.29) is 18.1 Å². The highest BCUT2D eigenvalue weighted by Gasteiger charge is 2.28. The molecule has 2 aromatic rings.